The minimum Gasteiger partial charge on any atom is -0.379 e. The van der Waals surface area contributed by atoms with Gasteiger partial charge in [-0.15, -0.1) is 0 Å². The Balaban J connectivity index is 2.03. The van der Waals surface area contributed by atoms with Gasteiger partial charge in [0.1, 0.15) is 6.54 Å². The monoisotopic (exact) mass is 372 g/mol. The molecule has 0 radical (unpaired) electrons. The highest BCUT2D eigenvalue weighted by atomic mass is 16.5. The number of benzene rings is 1. The number of rotatable bonds is 8. The highest BCUT2D eigenvalue weighted by molar-refractivity contribution is 5.96. The van der Waals surface area contributed by atoms with E-state index in [0.29, 0.717) is 43.8 Å². The standard InChI is InChI=1S/C20H28N4O3/c1-16(2)27-13-3-10-24(15-19(25)23-11-8-22-9-12-23)20(26)18-6-4-17(14-21)5-7-18/h4-7,16,22H,3,8-13,15H2,1-2H3. The van der Waals surface area contributed by atoms with Gasteiger partial charge in [0.2, 0.25) is 5.91 Å². The maximum atomic E-state index is 12.9. The molecular weight excluding hydrogens is 344 g/mol. The minimum absolute atomic E-state index is 0.0386. The van der Waals surface area contributed by atoms with Crippen LogP contribution in [-0.4, -0.2) is 73.6 Å². The summed E-state index contributed by atoms with van der Waals surface area (Å²) in [5, 5.41) is 12.1. The van der Waals surface area contributed by atoms with Gasteiger partial charge >= 0.3 is 0 Å². The summed E-state index contributed by atoms with van der Waals surface area (Å²) >= 11 is 0. The number of carbonyl (C=O) groups excluding carboxylic acids is 2. The fourth-order valence-corrected chi connectivity index (χ4v) is 2.87. The zero-order valence-electron chi connectivity index (χ0n) is 16.1. The van der Waals surface area contributed by atoms with Crippen LogP contribution in [0.3, 0.4) is 0 Å². The fourth-order valence-electron chi connectivity index (χ4n) is 2.87. The molecule has 1 aromatic carbocycles. The van der Waals surface area contributed by atoms with Gasteiger partial charge in [-0.2, -0.15) is 5.26 Å². The Hall–Kier alpha value is -2.43. The van der Waals surface area contributed by atoms with Crippen LogP contribution >= 0.6 is 0 Å². The molecule has 1 aliphatic heterocycles. The summed E-state index contributed by atoms with van der Waals surface area (Å²) < 4.78 is 5.55. The Morgan fingerprint density at radius 1 is 1.26 bits per heavy atom. The Bertz CT molecular complexity index is 661. The molecule has 1 heterocycles. The predicted octanol–water partition coefficient (Wildman–Crippen LogP) is 1.25. The van der Waals surface area contributed by atoms with E-state index in [2.05, 4.69) is 5.32 Å². The smallest absolute Gasteiger partial charge is 0.254 e. The number of ether oxygens (including phenoxy) is 1. The van der Waals surface area contributed by atoms with Crippen LogP contribution in [0.1, 0.15) is 36.2 Å². The Labute approximate surface area is 160 Å². The summed E-state index contributed by atoms with van der Waals surface area (Å²) in [6.45, 7) is 7.85. The van der Waals surface area contributed by atoms with Crippen molar-refractivity contribution < 1.29 is 14.3 Å². The molecule has 0 unspecified atom stereocenters. The topological polar surface area (TPSA) is 85.7 Å². The number of nitrogens with one attached hydrogen (secondary N) is 1. The first-order valence-corrected chi connectivity index (χ1v) is 9.41. The van der Waals surface area contributed by atoms with Crippen LogP contribution in [0.5, 0.6) is 0 Å². The number of hydrogen-bond acceptors (Lipinski definition) is 5. The Morgan fingerprint density at radius 3 is 2.52 bits per heavy atom. The molecule has 0 atom stereocenters. The molecule has 0 spiro atoms. The quantitative estimate of drug-likeness (QED) is 0.694. The van der Waals surface area contributed by atoms with E-state index in [0.717, 1.165) is 13.1 Å². The molecule has 146 valence electrons. The SMILES string of the molecule is CC(C)OCCCN(CC(=O)N1CCNCC1)C(=O)c1ccc(C#N)cc1. The third kappa shape index (κ3) is 6.66. The first-order chi connectivity index (χ1) is 13.0. The summed E-state index contributed by atoms with van der Waals surface area (Å²) in [5.74, 6) is -0.240. The first-order valence-electron chi connectivity index (χ1n) is 9.41. The lowest BCUT2D eigenvalue weighted by atomic mass is 10.1. The minimum atomic E-state index is -0.201. The van der Waals surface area contributed by atoms with E-state index in [1.54, 1.807) is 34.1 Å². The molecule has 1 saturated heterocycles. The van der Waals surface area contributed by atoms with Gasteiger partial charge in [0, 0.05) is 44.9 Å². The number of nitriles is 1. The summed E-state index contributed by atoms with van der Waals surface area (Å²) in [6.07, 6.45) is 0.796. The van der Waals surface area contributed by atoms with Crippen LogP contribution in [0.15, 0.2) is 24.3 Å². The molecule has 7 nitrogen and oxygen atoms in total. The lowest BCUT2D eigenvalue weighted by Gasteiger charge is -2.30. The average Bonchev–Trinajstić information content (AvgIpc) is 2.70. The molecule has 1 aliphatic rings. The van der Waals surface area contributed by atoms with Crippen LogP contribution < -0.4 is 5.32 Å². The van der Waals surface area contributed by atoms with E-state index in [4.69, 9.17) is 10.00 Å². The van der Waals surface area contributed by atoms with Crippen molar-refractivity contribution in [3.63, 3.8) is 0 Å². The van der Waals surface area contributed by atoms with E-state index in [1.165, 1.54) is 0 Å². The molecule has 0 bridgehead atoms. The van der Waals surface area contributed by atoms with Gasteiger partial charge in [-0.25, -0.2) is 0 Å². The summed E-state index contributed by atoms with van der Waals surface area (Å²) in [6, 6.07) is 8.54. The lowest BCUT2D eigenvalue weighted by molar-refractivity contribution is -0.132. The molecule has 7 heteroatoms. The second-order valence-electron chi connectivity index (χ2n) is 6.82. The van der Waals surface area contributed by atoms with Gasteiger partial charge in [0.25, 0.3) is 5.91 Å². The zero-order chi connectivity index (χ0) is 19.6. The number of piperazine rings is 1. The van der Waals surface area contributed by atoms with Crippen molar-refractivity contribution in [3.05, 3.63) is 35.4 Å². The molecule has 0 aromatic heterocycles. The van der Waals surface area contributed by atoms with E-state index in [9.17, 15) is 9.59 Å². The van der Waals surface area contributed by atoms with Gasteiger partial charge in [0.15, 0.2) is 0 Å². The maximum absolute atomic E-state index is 12.9. The first kappa shape index (κ1) is 20.9. The highest BCUT2D eigenvalue weighted by Gasteiger charge is 2.23. The van der Waals surface area contributed by atoms with Gasteiger partial charge in [-0.3, -0.25) is 9.59 Å². The molecule has 1 N–H and O–H groups in total. The Morgan fingerprint density at radius 2 is 1.93 bits per heavy atom. The van der Waals surface area contributed by atoms with Crippen LogP contribution in [0, 0.1) is 11.3 Å². The van der Waals surface area contributed by atoms with Crippen LogP contribution in [0.4, 0.5) is 0 Å². The zero-order valence-corrected chi connectivity index (χ0v) is 16.1. The molecule has 1 aromatic rings. The fraction of sp³-hybridized carbons (Fsp3) is 0.550. The van der Waals surface area contributed by atoms with Crippen LogP contribution in [0.2, 0.25) is 0 Å². The van der Waals surface area contributed by atoms with E-state index in [1.807, 2.05) is 19.9 Å². The number of nitrogens with zero attached hydrogens (tertiary/aromatic N) is 3. The third-order valence-electron chi connectivity index (χ3n) is 4.37. The molecule has 2 rings (SSSR count). The summed E-state index contributed by atoms with van der Waals surface area (Å²) in [5.41, 5.74) is 0.979. The van der Waals surface area contributed by atoms with Crippen LogP contribution in [-0.2, 0) is 9.53 Å². The van der Waals surface area contributed by atoms with Crippen LogP contribution in [0.25, 0.3) is 0 Å². The molecule has 0 saturated carbocycles. The Kier molecular flexibility index (Phi) is 8.24. The van der Waals surface area contributed by atoms with Crippen molar-refractivity contribution in [2.45, 2.75) is 26.4 Å². The molecule has 1 fully saturated rings. The number of carbonyl (C=O) groups is 2. The van der Waals surface area contributed by atoms with E-state index in [-0.39, 0.29) is 24.5 Å². The van der Waals surface area contributed by atoms with E-state index >= 15 is 0 Å². The summed E-state index contributed by atoms with van der Waals surface area (Å²) in [4.78, 5) is 28.9. The number of hydrogen-bond donors (Lipinski definition) is 1. The number of amides is 2. The summed E-state index contributed by atoms with van der Waals surface area (Å²) in [7, 11) is 0. The van der Waals surface area contributed by atoms with Crippen molar-refractivity contribution in [2.24, 2.45) is 0 Å². The van der Waals surface area contributed by atoms with Crippen molar-refractivity contribution >= 4 is 11.8 Å². The second-order valence-corrected chi connectivity index (χ2v) is 6.82. The maximum Gasteiger partial charge on any atom is 0.254 e. The van der Waals surface area contributed by atoms with Gasteiger partial charge < -0.3 is 19.9 Å². The molecule has 0 aliphatic carbocycles. The van der Waals surface area contributed by atoms with Gasteiger partial charge in [0.05, 0.1) is 17.7 Å². The third-order valence-corrected chi connectivity index (χ3v) is 4.37. The van der Waals surface area contributed by atoms with Gasteiger partial charge in [-0.1, -0.05) is 0 Å². The normalized spacial score (nSPS) is 14.1. The lowest BCUT2D eigenvalue weighted by Crippen LogP contribution is -2.50. The van der Waals surface area contributed by atoms with Crippen molar-refractivity contribution in [3.8, 4) is 6.07 Å². The largest absolute Gasteiger partial charge is 0.379 e. The van der Waals surface area contributed by atoms with E-state index < -0.39 is 0 Å². The highest BCUT2D eigenvalue weighted by Crippen LogP contribution is 2.09. The average molecular weight is 372 g/mol. The van der Waals surface area contributed by atoms with Crippen molar-refractivity contribution in [2.75, 3.05) is 45.9 Å². The van der Waals surface area contributed by atoms with Crippen molar-refractivity contribution in [1.82, 2.24) is 15.1 Å². The molecular formula is C20H28N4O3. The van der Waals surface area contributed by atoms with Crippen molar-refractivity contribution in [1.29, 1.82) is 5.26 Å². The molecule has 27 heavy (non-hydrogen) atoms. The second kappa shape index (κ2) is 10.7. The molecule has 2 amide bonds. The van der Waals surface area contributed by atoms with Gasteiger partial charge in [-0.05, 0) is 44.5 Å². The predicted molar refractivity (Wildman–Crippen MR) is 102 cm³/mol.